The van der Waals surface area contributed by atoms with Crippen LogP contribution in [0.4, 0.5) is 0 Å². The Hall–Kier alpha value is -0.390. The number of rotatable bonds is 5. The average molecular weight is 356 g/mol. The van der Waals surface area contributed by atoms with Gasteiger partial charge in [0.1, 0.15) is 6.10 Å². The van der Waals surface area contributed by atoms with E-state index in [2.05, 4.69) is 32.9 Å². The van der Waals surface area contributed by atoms with Gasteiger partial charge < -0.3 is 5.11 Å². The number of aromatic nitrogens is 2. The molecule has 0 amide bonds. The van der Waals surface area contributed by atoms with Crippen LogP contribution in [0.5, 0.6) is 0 Å². The molecule has 1 aliphatic carbocycles. The highest BCUT2D eigenvalue weighted by molar-refractivity contribution is 9.10. The van der Waals surface area contributed by atoms with E-state index in [9.17, 15) is 5.11 Å². The molecule has 1 atom stereocenters. The van der Waals surface area contributed by atoms with Gasteiger partial charge in [0.2, 0.25) is 0 Å². The van der Waals surface area contributed by atoms with Gasteiger partial charge in [-0.1, -0.05) is 19.8 Å². The van der Waals surface area contributed by atoms with Crippen molar-refractivity contribution in [3.8, 4) is 0 Å². The minimum Gasteiger partial charge on any atom is -0.385 e. The molecule has 4 nitrogen and oxygen atoms in total. The van der Waals surface area contributed by atoms with Crippen LogP contribution >= 0.6 is 15.9 Å². The van der Waals surface area contributed by atoms with Crippen molar-refractivity contribution < 1.29 is 5.11 Å². The number of likely N-dealkylation sites (tertiary alicyclic amines) is 1. The molecule has 2 aliphatic rings. The molecule has 1 aromatic heterocycles. The summed E-state index contributed by atoms with van der Waals surface area (Å²) in [5, 5.41) is 15.7. The molecule has 1 saturated heterocycles. The Morgan fingerprint density at radius 2 is 1.95 bits per heavy atom. The van der Waals surface area contributed by atoms with E-state index in [1.807, 2.05) is 10.9 Å². The van der Waals surface area contributed by atoms with Crippen LogP contribution in [0.25, 0.3) is 0 Å². The van der Waals surface area contributed by atoms with Gasteiger partial charge in [0, 0.05) is 6.54 Å². The number of aliphatic hydroxyl groups is 1. The number of hydrogen-bond donors (Lipinski definition) is 1. The highest BCUT2D eigenvalue weighted by Gasteiger charge is 2.48. The molecule has 0 aromatic carbocycles. The highest BCUT2D eigenvalue weighted by atomic mass is 79.9. The van der Waals surface area contributed by atoms with E-state index in [-0.39, 0.29) is 5.54 Å². The van der Waals surface area contributed by atoms with Crippen LogP contribution in [-0.2, 0) is 6.54 Å². The first-order valence-corrected chi connectivity index (χ1v) is 9.12. The van der Waals surface area contributed by atoms with Crippen LogP contribution in [0.15, 0.2) is 10.7 Å². The summed E-state index contributed by atoms with van der Waals surface area (Å²) in [5.41, 5.74) is 0.913. The Morgan fingerprint density at radius 1 is 1.29 bits per heavy atom. The molecule has 0 bridgehead atoms. The van der Waals surface area contributed by atoms with Crippen molar-refractivity contribution in [1.29, 1.82) is 0 Å². The van der Waals surface area contributed by atoms with E-state index >= 15 is 0 Å². The summed E-state index contributed by atoms with van der Waals surface area (Å²) in [6, 6.07) is 0. The number of nitrogens with zero attached hydrogens (tertiary/aromatic N) is 3. The largest absolute Gasteiger partial charge is 0.385 e. The molecule has 1 unspecified atom stereocenters. The van der Waals surface area contributed by atoms with Crippen LogP contribution in [0.3, 0.4) is 0 Å². The van der Waals surface area contributed by atoms with Crippen molar-refractivity contribution in [1.82, 2.24) is 14.7 Å². The van der Waals surface area contributed by atoms with Gasteiger partial charge in [-0.15, -0.1) is 0 Å². The molecule has 5 heteroatoms. The third kappa shape index (κ3) is 2.68. The van der Waals surface area contributed by atoms with Crippen molar-refractivity contribution in [3.63, 3.8) is 0 Å². The van der Waals surface area contributed by atoms with E-state index in [4.69, 9.17) is 0 Å². The van der Waals surface area contributed by atoms with E-state index in [1.165, 1.54) is 25.7 Å². The topological polar surface area (TPSA) is 41.3 Å². The van der Waals surface area contributed by atoms with Crippen molar-refractivity contribution in [2.45, 2.75) is 70.1 Å². The molecule has 1 N–H and O–H groups in total. The number of aliphatic hydroxyl groups excluding tert-OH is 1. The third-order valence-corrected chi connectivity index (χ3v) is 5.85. The Balaban J connectivity index is 1.94. The Bertz CT molecular complexity index is 476. The predicted octanol–water partition coefficient (Wildman–Crippen LogP) is 3.50. The minimum absolute atomic E-state index is 0.0649. The Kier molecular flexibility index (Phi) is 4.71. The van der Waals surface area contributed by atoms with Crippen molar-refractivity contribution >= 4 is 15.9 Å². The van der Waals surface area contributed by atoms with Crippen molar-refractivity contribution in [3.05, 3.63) is 16.4 Å². The Morgan fingerprint density at radius 3 is 2.57 bits per heavy atom. The normalized spacial score (nSPS) is 23.8. The lowest BCUT2D eigenvalue weighted by molar-refractivity contribution is -0.0246. The van der Waals surface area contributed by atoms with Gasteiger partial charge in [0.15, 0.2) is 0 Å². The number of aryl methyl sites for hydroxylation is 1. The third-order valence-electron chi connectivity index (χ3n) is 5.24. The van der Waals surface area contributed by atoms with E-state index in [0.717, 1.165) is 49.1 Å². The molecule has 2 fully saturated rings. The summed E-state index contributed by atoms with van der Waals surface area (Å²) in [7, 11) is 0. The molecule has 1 saturated carbocycles. The zero-order valence-corrected chi connectivity index (χ0v) is 14.5. The predicted molar refractivity (Wildman–Crippen MR) is 87.2 cm³/mol. The van der Waals surface area contributed by atoms with Crippen LogP contribution in [-0.4, -0.2) is 38.4 Å². The lowest BCUT2D eigenvalue weighted by Gasteiger charge is -2.42. The summed E-state index contributed by atoms with van der Waals surface area (Å²) >= 11 is 3.61. The second-order valence-electron chi connectivity index (χ2n) is 6.51. The fourth-order valence-electron chi connectivity index (χ4n) is 4.20. The SMILES string of the molecule is CCCn1ncc(Br)c1C(O)C1(N2CCCC2)CCCC1. The van der Waals surface area contributed by atoms with E-state index < -0.39 is 6.10 Å². The van der Waals surface area contributed by atoms with Gasteiger partial charge in [-0.3, -0.25) is 9.58 Å². The lowest BCUT2D eigenvalue weighted by atomic mass is 9.86. The van der Waals surface area contributed by atoms with E-state index in [0.29, 0.717) is 0 Å². The zero-order chi connectivity index (χ0) is 14.9. The van der Waals surface area contributed by atoms with Gasteiger partial charge in [-0.25, -0.2) is 0 Å². The van der Waals surface area contributed by atoms with Crippen molar-refractivity contribution in [2.75, 3.05) is 13.1 Å². The van der Waals surface area contributed by atoms with Gasteiger partial charge in [-0.2, -0.15) is 5.10 Å². The second kappa shape index (κ2) is 6.39. The van der Waals surface area contributed by atoms with Crippen LogP contribution < -0.4 is 0 Å². The Labute approximate surface area is 135 Å². The first-order chi connectivity index (χ1) is 10.2. The molecule has 2 heterocycles. The summed E-state index contributed by atoms with van der Waals surface area (Å²) in [6.07, 6.45) is 9.64. The number of hydrogen-bond acceptors (Lipinski definition) is 3. The van der Waals surface area contributed by atoms with Crippen LogP contribution in [0.2, 0.25) is 0 Å². The molecule has 1 aromatic rings. The fourth-order valence-corrected chi connectivity index (χ4v) is 4.71. The first-order valence-electron chi connectivity index (χ1n) is 8.33. The number of halogens is 1. The molecule has 118 valence electrons. The van der Waals surface area contributed by atoms with Gasteiger partial charge >= 0.3 is 0 Å². The monoisotopic (exact) mass is 355 g/mol. The summed E-state index contributed by atoms with van der Waals surface area (Å²) < 4.78 is 2.94. The van der Waals surface area contributed by atoms with Gasteiger partial charge in [-0.05, 0) is 61.1 Å². The minimum atomic E-state index is -0.443. The summed E-state index contributed by atoms with van der Waals surface area (Å²) in [6.45, 7) is 5.29. The fraction of sp³-hybridized carbons (Fsp3) is 0.812. The quantitative estimate of drug-likeness (QED) is 0.878. The summed E-state index contributed by atoms with van der Waals surface area (Å²) in [5.74, 6) is 0. The average Bonchev–Trinajstić information content (AvgIpc) is 3.19. The lowest BCUT2D eigenvalue weighted by Crippen LogP contribution is -2.50. The van der Waals surface area contributed by atoms with Crippen molar-refractivity contribution in [2.24, 2.45) is 0 Å². The standard InChI is InChI=1S/C16H26BrN3O/c1-2-9-20-14(13(17)12-18-20)15(21)16(7-3-4-8-16)19-10-5-6-11-19/h12,15,21H,2-11H2,1H3. The molecular weight excluding hydrogens is 330 g/mol. The maximum atomic E-state index is 11.3. The van der Waals surface area contributed by atoms with Gasteiger partial charge in [0.05, 0.1) is 21.9 Å². The smallest absolute Gasteiger partial charge is 0.115 e. The highest BCUT2D eigenvalue weighted by Crippen LogP contribution is 2.47. The molecule has 21 heavy (non-hydrogen) atoms. The van der Waals surface area contributed by atoms with Crippen LogP contribution in [0.1, 0.15) is 63.7 Å². The van der Waals surface area contributed by atoms with E-state index in [1.54, 1.807) is 0 Å². The second-order valence-corrected chi connectivity index (χ2v) is 7.36. The molecular formula is C16H26BrN3O. The molecule has 0 spiro atoms. The maximum Gasteiger partial charge on any atom is 0.115 e. The maximum absolute atomic E-state index is 11.3. The molecule has 3 rings (SSSR count). The first kappa shape index (κ1) is 15.5. The molecule has 1 aliphatic heterocycles. The zero-order valence-electron chi connectivity index (χ0n) is 12.9. The summed E-state index contributed by atoms with van der Waals surface area (Å²) in [4.78, 5) is 2.56. The molecule has 0 radical (unpaired) electrons. The van der Waals surface area contributed by atoms with Crippen LogP contribution in [0, 0.1) is 0 Å². The van der Waals surface area contributed by atoms with Gasteiger partial charge in [0.25, 0.3) is 0 Å².